The molecule has 0 radical (unpaired) electrons. The van der Waals surface area contributed by atoms with E-state index in [1.54, 1.807) is 19.1 Å². The maximum absolute atomic E-state index is 13.5. The Bertz CT molecular complexity index is 839. The van der Waals surface area contributed by atoms with Gasteiger partial charge in [0, 0.05) is 18.6 Å². The molecular weight excluding hydrogens is 423 g/mol. The van der Waals surface area contributed by atoms with E-state index >= 15 is 0 Å². The van der Waals surface area contributed by atoms with Crippen LogP contribution in [0.3, 0.4) is 0 Å². The first-order chi connectivity index (χ1) is 15.1. The summed E-state index contributed by atoms with van der Waals surface area (Å²) in [5.74, 6) is -2.83. The average molecular weight is 454 g/mol. The molecule has 0 unspecified atom stereocenters. The summed E-state index contributed by atoms with van der Waals surface area (Å²) in [5.41, 5.74) is -0.277. The minimum Gasteiger partial charge on any atom is -0.460 e. The Morgan fingerprint density at radius 3 is 2.53 bits per heavy atom. The first-order valence-electron chi connectivity index (χ1n) is 10.9. The molecule has 0 N–H and O–H groups in total. The highest BCUT2D eigenvalue weighted by Gasteiger charge is 2.53. The Balaban J connectivity index is 1.83. The third kappa shape index (κ3) is 5.00. The summed E-state index contributed by atoms with van der Waals surface area (Å²) in [6.45, 7) is 6.11. The number of carbonyl (C=O) groups is 2. The fraction of sp³-hybridized carbons (Fsp3) is 0.583. The van der Waals surface area contributed by atoms with E-state index in [9.17, 15) is 22.8 Å². The average Bonchev–Trinajstić information content (AvgIpc) is 3.20. The van der Waals surface area contributed by atoms with Crippen molar-refractivity contribution in [2.45, 2.75) is 58.5 Å². The molecule has 8 heteroatoms. The summed E-state index contributed by atoms with van der Waals surface area (Å²) < 4.78 is 51.5. The molecule has 1 aliphatic carbocycles. The molecule has 0 aromatic heterocycles. The van der Waals surface area contributed by atoms with Gasteiger partial charge in [0.15, 0.2) is 0 Å². The molecule has 0 saturated carbocycles. The van der Waals surface area contributed by atoms with E-state index in [0.29, 0.717) is 13.0 Å². The van der Waals surface area contributed by atoms with Crippen LogP contribution < -0.4 is 0 Å². The van der Waals surface area contributed by atoms with Gasteiger partial charge in [-0.1, -0.05) is 63.3 Å². The lowest BCUT2D eigenvalue weighted by Crippen LogP contribution is -2.56. The van der Waals surface area contributed by atoms with Crippen molar-refractivity contribution in [3.05, 3.63) is 48.0 Å². The Morgan fingerprint density at radius 1 is 1.25 bits per heavy atom. The van der Waals surface area contributed by atoms with Crippen LogP contribution in [0.5, 0.6) is 0 Å². The van der Waals surface area contributed by atoms with Crippen LogP contribution in [0.4, 0.5) is 13.2 Å². The normalized spacial score (nSPS) is 28.0. The maximum atomic E-state index is 13.5. The standard InChI is InChI=1S/C24H30F3NO4/c1-16(2)23(22(30)32-15-18-7-5-4-6-8-18)11-9-19(13-23)28(21(29)24(25,26)27)20-10-12-31-14-17(20)3/h4-9,11,16-17,19-20H,10,12-15H2,1-3H3/t17-,19+,20+,23-/m0/s1. The summed E-state index contributed by atoms with van der Waals surface area (Å²) in [5, 5.41) is 0. The highest BCUT2D eigenvalue weighted by molar-refractivity contribution is 5.84. The van der Waals surface area contributed by atoms with Crippen LogP contribution in [0, 0.1) is 17.3 Å². The Hall–Kier alpha value is -2.35. The topological polar surface area (TPSA) is 55.8 Å². The quantitative estimate of drug-likeness (QED) is 0.470. The number of esters is 1. The van der Waals surface area contributed by atoms with Crippen LogP contribution in [0.2, 0.25) is 0 Å². The molecule has 0 bridgehead atoms. The minimum absolute atomic E-state index is 0.0597. The number of halogens is 3. The first kappa shape index (κ1) is 24.3. The Kier molecular flexibility index (Phi) is 7.32. The van der Waals surface area contributed by atoms with E-state index in [0.717, 1.165) is 10.5 Å². The molecule has 1 fully saturated rings. The fourth-order valence-corrected chi connectivity index (χ4v) is 4.60. The van der Waals surface area contributed by atoms with Crippen molar-refractivity contribution in [3.8, 4) is 0 Å². The zero-order valence-corrected chi connectivity index (χ0v) is 18.6. The van der Waals surface area contributed by atoms with Crippen molar-refractivity contribution >= 4 is 11.9 Å². The van der Waals surface area contributed by atoms with Crippen molar-refractivity contribution in [3.63, 3.8) is 0 Å². The van der Waals surface area contributed by atoms with E-state index < -0.39 is 35.6 Å². The summed E-state index contributed by atoms with van der Waals surface area (Å²) in [6.07, 6.45) is -1.42. The molecule has 5 nitrogen and oxygen atoms in total. The summed E-state index contributed by atoms with van der Waals surface area (Å²) in [6, 6.07) is 7.73. The highest BCUT2D eigenvalue weighted by atomic mass is 19.4. The van der Waals surface area contributed by atoms with Gasteiger partial charge in [-0.05, 0) is 24.3 Å². The predicted octanol–water partition coefficient (Wildman–Crippen LogP) is 4.52. The van der Waals surface area contributed by atoms with Crippen LogP contribution in [0.25, 0.3) is 0 Å². The number of benzene rings is 1. The molecule has 2 aliphatic rings. The van der Waals surface area contributed by atoms with Gasteiger partial charge in [0.1, 0.15) is 6.61 Å². The van der Waals surface area contributed by atoms with Crippen molar-refractivity contribution in [1.29, 1.82) is 0 Å². The van der Waals surface area contributed by atoms with E-state index in [4.69, 9.17) is 9.47 Å². The maximum Gasteiger partial charge on any atom is 0.471 e. The van der Waals surface area contributed by atoms with Crippen LogP contribution in [0.15, 0.2) is 42.5 Å². The van der Waals surface area contributed by atoms with Gasteiger partial charge in [-0.2, -0.15) is 13.2 Å². The van der Waals surface area contributed by atoms with Crippen LogP contribution >= 0.6 is 0 Å². The molecule has 0 spiro atoms. The second-order valence-electron chi connectivity index (χ2n) is 9.01. The van der Waals surface area contributed by atoms with Gasteiger partial charge in [-0.3, -0.25) is 9.59 Å². The second-order valence-corrected chi connectivity index (χ2v) is 9.01. The first-order valence-corrected chi connectivity index (χ1v) is 10.9. The Labute approximate surface area is 186 Å². The second kappa shape index (κ2) is 9.65. The summed E-state index contributed by atoms with van der Waals surface area (Å²) in [7, 11) is 0. The van der Waals surface area contributed by atoms with Crippen molar-refractivity contribution in [2.24, 2.45) is 17.3 Å². The smallest absolute Gasteiger partial charge is 0.460 e. The van der Waals surface area contributed by atoms with Gasteiger partial charge >= 0.3 is 18.1 Å². The lowest BCUT2D eigenvalue weighted by Gasteiger charge is -2.42. The van der Waals surface area contributed by atoms with Gasteiger partial charge < -0.3 is 14.4 Å². The molecule has 176 valence electrons. The molecule has 4 atom stereocenters. The van der Waals surface area contributed by atoms with Crippen molar-refractivity contribution in [2.75, 3.05) is 13.2 Å². The predicted molar refractivity (Wildman–Crippen MR) is 112 cm³/mol. The molecule has 1 aromatic carbocycles. The van der Waals surface area contributed by atoms with E-state index in [1.165, 1.54) is 0 Å². The largest absolute Gasteiger partial charge is 0.471 e. The lowest BCUT2D eigenvalue weighted by atomic mass is 9.76. The molecule has 1 amide bonds. The number of alkyl halides is 3. The number of carbonyl (C=O) groups excluding carboxylic acids is 2. The van der Waals surface area contributed by atoms with E-state index in [-0.39, 0.29) is 31.5 Å². The molecule has 1 aromatic rings. The fourth-order valence-electron chi connectivity index (χ4n) is 4.60. The van der Waals surface area contributed by atoms with Crippen LogP contribution in [0.1, 0.15) is 39.2 Å². The van der Waals surface area contributed by atoms with Crippen LogP contribution in [-0.4, -0.2) is 48.3 Å². The number of hydrogen-bond donors (Lipinski definition) is 0. The van der Waals surface area contributed by atoms with Gasteiger partial charge in [0.2, 0.25) is 0 Å². The molecule has 1 heterocycles. The zero-order valence-electron chi connectivity index (χ0n) is 18.6. The van der Waals surface area contributed by atoms with E-state index in [1.807, 2.05) is 44.2 Å². The van der Waals surface area contributed by atoms with Crippen molar-refractivity contribution < 1.29 is 32.2 Å². The number of nitrogens with zero attached hydrogens (tertiary/aromatic N) is 1. The Morgan fingerprint density at radius 2 is 1.94 bits per heavy atom. The van der Waals surface area contributed by atoms with Gasteiger partial charge in [-0.15, -0.1) is 0 Å². The zero-order chi connectivity index (χ0) is 23.5. The SMILES string of the molecule is CC(C)[C@]1(C(=O)OCc2ccccc2)C=C[C@@H](N(C(=O)C(F)(F)F)[C@@H]2CCOC[C@@H]2C)C1. The molecular formula is C24H30F3NO4. The molecule has 1 saturated heterocycles. The lowest BCUT2D eigenvalue weighted by molar-refractivity contribution is -0.193. The summed E-state index contributed by atoms with van der Waals surface area (Å²) >= 11 is 0. The third-order valence-corrected chi connectivity index (χ3v) is 6.57. The third-order valence-electron chi connectivity index (χ3n) is 6.57. The van der Waals surface area contributed by atoms with Gasteiger partial charge in [-0.25, -0.2) is 0 Å². The van der Waals surface area contributed by atoms with Crippen LogP contribution in [-0.2, 0) is 25.7 Å². The minimum atomic E-state index is -5.00. The number of ether oxygens (including phenoxy) is 2. The highest BCUT2D eigenvalue weighted by Crippen LogP contribution is 2.44. The monoisotopic (exact) mass is 453 g/mol. The van der Waals surface area contributed by atoms with Gasteiger partial charge in [0.25, 0.3) is 0 Å². The van der Waals surface area contributed by atoms with Gasteiger partial charge in [0.05, 0.1) is 18.1 Å². The van der Waals surface area contributed by atoms with E-state index in [2.05, 4.69) is 0 Å². The summed E-state index contributed by atoms with van der Waals surface area (Å²) in [4.78, 5) is 26.5. The van der Waals surface area contributed by atoms with Crippen molar-refractivity contribution in [1.82, 2.24) is 4.90 Å². The molecule has 1 aliphatic heterocycles. The molecule has 32 heavy (non-hydrogen) atoms. The number of amides is 1. The number of hydrogen-bond acceptors (Lipinski definition) is 4. The molecule has 3 rings (SSSR count). The number of rotatable bonds is 6.